The first kappa shape index (κ1) is 14.0. The summed E-state index contributed by atoms with van der Waals surface area (Å²) in [6, 6.07) is 4.64. The van der Waals surface area contributed by atoms with Crippen LogP contribution < -0.4 is 4.74 Å². The number of methoxy groups -OCH3 is 1. The van der Waals surface area contributed by atoms with Crippen molar-refractivity contribution in [1.29, 1.82) is 0 Å². The van der Waals surface area contributed by atoms with Gasteiger partial charge in [-0.05, 0) is 30.5 Å². The van der Waals surface area contributed by atoms with Gasteiger partial charge in [-0.2, -0.15) is 0 Å². The second-order valence-corrected chi connectivity index (χ2v) is 5.48. The number of amides is 1. The molecular weight excluding hydrogens is 266 g/mol. The first-order valence-electron chi connectivity index (χ1n) is 6.33. The minimum atomic E-state index is -0.200. The Labute approximate surface area is 117 Å². The van der Waals surface area contributed by atoms with E-state index in [1.807, 2.05) is 0 Å². The number of phenols is 1. The highest BCUT2D eigenvalue weighted by atomic mass is 35.5. The van der Waals surface area contributed by atoms with Crippen LogP contribution in [0.5, 0.6) is 11.5 Å². The minimum Gasteiger partial charge on any atom is -0.507 e. The number of alkyl halides is 1. The lowest BCUT2D eigenvalue weighted by Crippen LogP contribution is -2.43. The number of halogens is 1. The van der Waals surface area contributed by atoms with E-state index in [1.54, 1.807) is 17.0 Å². The Kier molecular flexibility index (Phi) is 4.20. The third kappa shape index (κ3) is 2.95. The van der Waals surface area contributed by atoms with Crippen LogP contribution in [0, 0.1) is 5.92 Å². The number of carbonyl (C=O) groups is 1. The quantitative estimate of drug-likeness (QED) is 0.849. The normalized spacial score (nSPS) is 23.2. The van der Waals surface area contributed by atoms with Crippen molar-refractivity contribution in [3.63, 3.8) is 0 Å². The van der Waals surface area contributed by atoms with Crippen LogP contribution in [0.3, 0.4) is 0 Å². The molecule has 4 nitrogen and oxygen atoms in total. The average molecular weight is 284 g/mol. The van der Waals surface area contributed by atoms with Gasteiger partial charge in [0.15, 0.2) is 0 Å². The number of nitrogens with zero attached hydrogens (tertiary/aromatic N) is 1. The number of rotatable bonds is 2. The molecule has 2 rings (SSSR count). The summed E-state index contributed by atoms with van der Waals surface area (Å²) < 4.78 is 5.08. The molecule has 1 aromatic carbocycles. The topological polar surface area (TPSA) is 49.8 Å². The lowest BCUT2D eigenvalue weighted by Gasteiger charge is -2.34. The van der Waals surface area contributed by atoms with E-state index in [9.17, 15) is 9.90 Å². The van der Waals surface area contributed by atoms with Crippen molar-refractivity contribution in [2.45, 2.75) is 18.7 Å². The zero-order chi connectivity index (χ0) is 14.0. The number of hydrogen-bond donors (Lipinski definition) is 1. The van der Waals surface area contributed by atoms with Gasteiger partial charge in [-0.15, -0.1) is 11.6 Å². The van der Waals surface area contributed by atoms with Crippen molar-refractivity contribution in [2.75, 3.05) is 20.2 Å². The summed E-state index contributed by atoms with van der Waals surface area (Å²) in [6.07, 6.45) is 0.880. The Morgan fingerprint density at radius 3 is 2.89 bits per heavy atom. The van der Waals surface area contributed by atoms with Gasteiger partial charge in [-0.1, -0.05) is 6.92 Å². The Hall–Kier alpha value is -1.42. The van der Waals surface area contributed by atoms with Crippen molar-refractivity contribution >= 4 is 17.5 Å². The van der Waals surface area contributed by atoms with Gasteiger partial charge in [-0.25, -0.2) is 0 Å². The maximum Gasteiger partial charge on any atom is 0.257 e. The standard InChI is InChI=1S/C14H18ClNO3/c1-9-5-6-16(8-12(9)15)14(18)11-7-10(19-2)3-4-13(11)17/h3-4,7,9,12,17H,5-6,8H2,1-2H3. The SMILES string of the molecule is COc1ccc(O)c(C(=O)N2CCC(C)C(Cl)C2)c1. The van der Waals surface area contributed by atoms with Crippen molar-refractivity contribution in [2.24, 2.45) is 5.92 Å². The Morgan fingerprint density at radius 2 is 2.26 bits per heavy atom. The smallest absolute Gasteiger partial charge is 0.257 e. The molecule has 1 aliphatic heterocycles. The molecule has 1 fully saturated rings. The molecule has 1 aliphatic rings. The Bertz CT molecular complexity index is 478. The van der Waals surface area contributed by atoms with Crippen LogP contribution in [0.25, 0.3) is 0 Å². The van der Waals surface area contributed by atoms with E-state index in [1.165, 1.54) is 13.2 Å². The average Bonchev–Trinajstić information content (AvgIpc) is 2.41. The van der Waals surface area contributed by atoms with Gasteiger partial charge in [0, 0.05) is 13.1 Å². The number of aromatic hydroxyl groups is 1. The molecule has 1 amide bonds. The summed E-state index contributed by atoms with van der Waals surface area (Å²) in [5, 5.41) is 9.78. The van der Waals surface area contributed by atoms with Crippen LogP contribution in [0.15, 0.2) is 18.2 Å². The van der Waals surface area contributed by atoms with Crippen LogP contribution in [-0.4, -0.2) is 41.5 Å². The zero-order valence-corrected chi connectivity index (χ0v) is 11.9. The number of carbonyl (C=O) groups excluding carboxylic acids is 1. The lowest BCUT2D eigenvalue weighted by atomic mass is 9.98. The zero-order valence-electron chi connectivity index (χ0n) is 11.1. The van der Waals surface area contributed by atoms with Gasteiger partial charge in [0.05, 0.1) is 18.1 Å². The van der Waals surface area contributed by atoms with Gasteiger partial charge in [0.25, 0.3) is 5.91 Å². The van der Waals surface area contributed by atoms with Gasteiger partial charge < -0.3 is 14.7 Å². The molecule has 0 spiro atoms. The third-order valence-electron chi connectivity index (χ3n) is 3.59. The number of ether oxygens (including phenoxy) is 1. The van der Waals surface area contributed by atoms with Crippen LogP contribution in [0.1, 0.15) is 23.7 Å². The molecule has 104 valence electrons. The molecule has 1 aromatic rings. The summed E-state index contributed by atoms with van der Waals surface area (Å²) in [4.78, 5) is 14.1. The first-order valence-corrected chi connectivity index (χ1v) is 6.77. The number of phenolic OH excluding ortho intramolecular Hbond substituents is 1. The molecule has 0 bridgehead atoms. The number of hydrogen-bond acceptors (Lipinski definition) is 3. The summed E-state index contributed by atoms with van der Waals surface area (Å²) >= 11 is 6.21. The number of piperidine rings is 1. The fraction of sp³-hybridized carbons (Fsp3) is 0.500. The highest BCUT2D eigenvalue weighted by Gasteiger charge is 2.29. The maximum absolute atomic E-state index is 12.4. The highest BCUT2D eigenvalue weighted by molar-refractivity contribution is 6.21. The summed E-state index contributed by atoms with van der Waals surface area (Å²) in [5.74, 6) is 0.725. The highest BCUT2D eigenvalue weighted by Crippen LogP contribution is 2.27. The van der Waals surface area contributed by atoms with E-state index < -0.39 is 0 Å². The molecule has 19 heavy (non-hydrogen) atoms. The van der Waals surface area contributed by atoms with Crippen LogP contribution >= 0.6 is 11.6 Å². The lowest BCUT2D eigenvalue weighted by molar-refractivity contribution is 0.0698. The summed E-state index contributed by atoms with van der Waals surface area (Å²) in [5.41, 5.74) is 0.262. The second-order valence-electron chi connectivity index (χ2n) is 4.92. The largest absolute Gasteiger partial charge is 0.507 e. The predicted molar refractivity (Wildman–Crippen MR) is 74.0 cm³/mol. The number of likely N-dealkylation sites (tertiary alicyclic amines) is 1. The van der Waals surface area contributed by atoms with Gasteiger partial charge >= 0.3 is 0 Å². The van der Waals surface area contributed by atoms with E-state index in [2.05, 4.69) is 6.92 Å². The molecule has 0 aliphatic carbocycles. The van der Waals surface area contributed by atoms with Gasteiger partial charge in [0.2, 0.25) is 0 Å². The van der Waals surface area contributed by atoms with Crippen molar-refractivity contribution < 1.29 is 14.6 Å². The molecule has 0 saturated carbocycles. The van der Waals surface area contributed by atoms with E-state index in [0.29, 0.717) is 24.8 Å². The second kappa shape index (κ2) is 5.70. The first-order chi connectivity index (χ1) is 9.02. The van der Waals surface area contributed by atoms with Crippen molar-refractivity contribution in [1.82, 2.24) is 4.90 Å². The van der Waals surface area contributed by atoms with E-state index in [0.717, 1.165) is 6.42 Å². The van der Waals surface area contributed by atoms with E-state index in [4.69, 9.17) is 16.3 Å². The van der Waals surface area contributed by atoms with E-state index >= 15 is 0 Å². The molecule has 1 saturated heterocycles. The van der Waals surface area contributed by atoms with Crippen molar-refractivity contribution in [3.8, 4) is 11.5 Å². The molecule has 1 heterocycles. The Balaban J connectivity index is 2.20. The van der Waals surface area contributed by atoms with Crippen molar-refractivity contribution in [3.05, 3.63) is 23.8 Å². The molecule has 2 unspecified atom stereocenters. The fourth-order valence-corrected chi connectivity index (χ4v) is 2.48. The maximum atomic E-state index is 12.4. The monoisotopic (exact) mass is 283 g/mol. The minimum absolute atomic E-state index is 0.0319. The van der Waals surface area contributed by atoms with E-state index in [-0.39, 0.29) is 22.6 Å². The summed E-state index contributed by atoms with van der Waals surface area (Å²) in [6.45, 7) is 3.26. The third-order valence-corrected chi connectivity index (χ3v) is 4.16. The molecule has 0 radical (unpaired) electrons. The molecular formula is C14H18ClNO3. The number of benzene rings is 1. The summed E-state index contributed by atoms with van der Waals surface area (Å²) in [7, 11) is 1.53. The van der Waals surface area contributed by atoms with Crippen LogP contribution in [-0.2, 0) is 0 Å². The fourth-order valence-electron chi connectivity index (χ4n) is 2.19. The van der Waals surface area contributed by atoms with Crippen LogP contribution in [0.2, 0.25) is 0 Å². The van der Waals surface area contributed by atoms with Gasteiger partial charge in [0.1, 0.15) is 11.5 Å². The molecule has 2 atom stereocenters. The van der Waals surface area contributed by atoms with Gasteiger partial charge in [-0.3, -0.25) is 4.79 Å². The Morgan fingerprint density at radius 1 is 1.53 bits per heavy atom. The predicted octanol–water partition coefficient (Wildman–Crippen LogP) is 2.49. The molecule has 5 heteroatoms. The van der Waals surface area contributed by atoms with Crippen LogP contribution in [0.4, 0.5) is 0 Å². The molecule has 1 N–H and O–H groups in total. The molecule has 0 aromatic heterocycles.